The number of nitrogens with one attached hydrogen (secondary N) is 2. The van der Waals surface area contributed by atoms with Crippen molar-refractivity contribution in [1.82, 2.24) is 10.7 Å². The van der Waals surface area contributed by atoms with E-state index < -0.39 is 11.8 Å². The topological polar surface area (TPSA) is 107 Å². The zero-order valence-corrected chi connectivity index (χ0v) is 20.7. The van der Waals surface area contributed by atoms with E-state index in [4.69, 9.17) is 18.9 Å². The van der Waals surface area contributed by atoms with E-state index in [0.29, 0.717) is 45.2 Å². The van der Waals surface area contributed by atoms with E-state index in [0.717, 1.165) is 12.8 Å². The number of hydrazone groups is 1. The summed E-state index contributed by atoms with van der Waals surface area (Å²) in [6.45, 7) is 2.43. The quantitative estimate of drug-likeness (QED) is 0.251. The first-order valence-corrected chi connectivity index (χ1v) is 11.0. The lowest BCUT2D eigenvalue weighted by Crippen LogP contribution is -2.34. The van der Waals surface area contributed by atoms with E-state index in [1.54, 1.807) is 31.4 Å². The van der Waals surface area contributed by atoms with E-state index in [1.807, 2.05) is 0 Å². The van der Waals surface area contributed by atoms with Gasteiger partial charge in [0.2, 0.25) is 0 Å². The molecule has 33 heavy (non-hydrogen) atoms. The second-order valence-electron chi connectivity index (χ2n) is 6.78. The van der Waals surface area contributed by atoms with Crippen molar-refractivity contribution in [2.24, 2.45) is 5.10 Å². The molecule has 0 atom stereocenters. The Morgan fingerprint density at radius 2 is 1.76 bits per heavy atom. The summed E-state index contributed by atoms with van der Waals surface area (Å²) in [6, 6.07) is 8.28. The van der Waals surface area contributed by atoms with Crippen molar-refractivity contribution >= 4 is 34.0 Å². The van der Waals surface area contributed by atoms with Gasteiger partial charge in [-0.15, -0.1) is 0 Å². The third-order valence-electron chi connectivity index (χ3n) is 4.45. The average molecular weight is 522 g/mol. The largest absolute Gasteiger partial charge is 0.493 e. The maximum absolute atomic E-state index is 12.3. The minimum absolute atomic E-state index is 0.248. The number of ether oxygens (including phenoxy) is 4. The number of halogens is 1. The molecule has 2 rings (SSSR count). The Kier molecular flexibility index (Phi) is 10.5. The molecule has 0 aliphatic heterocycles. The molecule has 2 aromatic rings. The van der Waals surface area contributed by atoms with Crippen molar-refractivity contribution in [3.05, 3.63) is 45.9 Å². The minimum atomic E-state index is -0.481. The summed E-state index contributed by atoms with van der Waals surface area (Å²) >= 11 is 3.48. The second-order valence-corrected chi connectivity index (χ2v) is 7.64. The molecule has 0 unspecified atom stereocenters. The average Bonchev–Trinajstić information content (AvgIpc) is 2.83. The van der Waals surface area contributed by atoms with Gasteiger partial charge in [0.05, 0.1) is 45.2 Å². The number of unbranched alkanes of at least 4 members (excludes halogenated alkanes) is 1. The summed E-state index contributed by atoms with van der Waals surface area (Å²) in [6.07, 6.45) is 3.43. The first-order chi connectivity index (χ1) is 15.9. The van der Waals surface area contributed by atoms with Crippen LogP contribution < -0.4 is 29.7 Å². The van der Waals surface area contributed by atoms with Gasteiger partial charge in [-0.1, -0.05) is 13.3 Å². The van der Waals surface area contributed by atoms with E-state index in [1.165, 1.54) is 26.5 Å². The maximum Gasteiger partial charge on any atom is 0.259 e. The van der Waals surface area contributed by atoms with Gasteiger partial charge in [-0.05, 0) is 58.2 Å². The van der Waals surface area contributed by atoms with Crippen molar-refractivity contribution in [1.29, 1.82) is 0 Å². The van der Waals surface area contributed by atoms with Crippen LogP contribution in [-0.2, 0) is 4.79 Å². The van der Waals surface area contributed by atoms with Crippen LogP contribution in [0, 0.1) is 0 Å². The SMILES string of the molecule is CCCCOc1c(Br)cc(/C=N\NC(=O)CNC(=O)c2ccc(OC)c(OC)c2)cc1OC. The summed E-state index contributed by atoms with van der Waals surface area (Å²) < 4.78 is 22.2. The standard InChI is InChI=1S/C23H28BrN3O6/c1-5-6-9-33-22-17(24)10-15(11-20(22)32-4)13-26-27-21(28)14-25-23(29)16-7-8-18(30-2)19(12-16)31-3/h7-8,10-13H,5-6,9,14H2,1-4H3,(H,25,29)(H,27,28)/b26-13-. The molecule has 0 fully saturated rings. The van der Waals surface area contributed by atoms with Crippen LogP contribution in [0.5, 0.6) is 23.0 Å². The summed E-state index contributed by atoms with van der Waals surface area (Å²) in [7, 11) is 4.54. The fourth-order valence-electron chi connectivity index (χ4n) is 2.73. The Hall–Kier alpha value is -3.27. The second kappa shape index (κ2) is 13.3. The molecule has 0 saturated carbocycles. The first kappa shape index (κ1) is 26.0. The Balaban J connectivity index is 1.92. The molecule has 9 nitrogen and oxygen atoms in total. The van der Waals surface area contributed by atoms with Gasteiger partial charge in [-0.2, -0.15) is 5.10 Å². The van der Waals surface area contributed by atoms with Crippen molar-refractivity contribution in [3.63, 3.8) is 0 Å². The molecule has 10 heteroatoms. The van der Waals surface area contributed by atoms with Crippen LogP contribution in [-0.4, -0.2) is 52.5 Å². The molecule has 0 radical (unpaired) electrons. The number of carbonyl (C=O) groups excluding carboxylic acids is 2. The van der Waals surface area contributed by atoms with Crippen LogP contribution in [0.2, 0.25) is 0 Å². The first-order valence-electron chi connectivity index (χ1n) is 10.3. The number of rotatable bonds is 12. The van der Waals surface area contributed by atoms with E-state index in [9.17, 15) is 9.59 Å². The van der Waals surface area contributed by atoms with Gasteiger partial charge in [-0.3, -0.25) is 9.59 Å². The molecule has 178 valence electrons. The third-order valence-corrected chi connectivity index (χ3v) is 5.04. The zero-order chi connectivity index (χ0) is 24.2. The van der Waals surface area contributed by atoms with Crippen LogP contribution in [0.1, 0.15) is 35.7 Å². The van der Waals surface area contributed by atoms with Gasteiger partial charge < -0.3 is 24.3 Å². The fourth-order valence-corrected chi connectivity index (χ4v) is 3.31. The van der Waals surface area contributed by atoms with Crippen molar-refractivity contribution in [3.8, 4) is 23.0 Å². The smallest absolute Gasteiger partial charge is 0.259 e. The molecule has 0 aliphatic rings. The summed E-state index contributed by atoms with van der Waals surface area (Å²) in [4.78, 5) is 24.3. The number of hydrogen-bond acceptors (Lipinski definition) is 7. The van der Waals surface area contributed by atoms with Crippen molar-refractivity contribution < 1.29 is 28.5 Å². The van der Waals surface area contributed by atoms with Gasteiger partial charge in [0.1, 0.15) is 0 Å². The Bertz CT molecular complexity index is 996. The van der Waals surface area contributed by atoms with Gasteiger partial charge in [0, 0.05) is 5.56 Å². The zero-order valence-electron chi connectivity index (χ0n) is 19.1. The number of carbonyl (C=O) groups is 2. The highest BCUT2D eigenvalue weighted by molar-refractivity contribution is 9.10. The number of hydrogen-bond donors (Lipinski definition) is 2. The van der Waals surface area contributed by atoms with E-state index in [2.05, 4.69) is 38.7 Å². The molecule has 0 aliphatic carbocycles. The highest BCUT2D eigenvalue weighted by Crippen LogP contribution is 2.36. The molecule has 0 bridgehead atoms. The Labute approximate surface area is 201 Å². The predicted octanol–water partition coefficient (Wildman–Crippen LogP) is 3.53. The van der Waals surface area contributed by atoms with Crippen LogP contribution >= 0.6 is 15.9 Å². The number of methoxy groups -OCH3 is 3. The van der Waals surface area contributed by atoms with Crippen LogP contribution in [0.3, 0.4) is 0 Å². The van der Waals surface area contributed by atoms with Gasteiger partial charge in [0.15, 0.2) is 23.0 Å². The molecule has 0 spiro atoms. The van der Waals surface area contributed by atoms with Gasteiger partial charge in [0.25, 0.3) is 11.8 Å². The molecular weight excluding hydrogens is 494 g/mol. The van der Waals surface area contributed by atoms with Crippen LogP contribution in [0.4, 0.5) is 0 Å². The molecule has 2 N–H and O–H groups in total. The van der Waals surface area contributed by atoms with Crippen LogP contribution in [0.25, 0.3) is 0 Å². The van der Waals surface area contributed by atoms with Crippen molar-refractivity contribution in [2.45, 2.75) is 19.8 Å². The van der Waals surface area contributed by atoms with Gasteiger partial charge in [-0.25, -0.2) is 5.43 Å². The van der Waals surface area contributed by atoms with Gasteiger partial charge >= 0.3 is 0 Å². The highest BCUT2D eigenvalue weighted by atomic mass is 79.9. The normalized spacial score (nSPS) is 10.6. The molecule has 2 aromatic carbocycles. The van der Waals surface area contributed by atoms with Crippen molar-refractivity contribution in [2.75, 3.05) is 34.5 Å². The molecule has 0 saturated heterocycles. The summed E-state index contributed by atoms with van der Waals surface area (Å²) in [5, 5.41) is 6.46. The summed E-state index contributed by atoms with van der Waals surface area (Å²) in [5.41, 5.74) is 3.40. The highest BCUT2D eigenvalue weighted by Gasteiger charge is 2.13. The number of nitrogens with zero attached hydrogens (tertiary/aromatic N) is 1. The molecular formula is C23H28BrN3O6. The van der Waals surface area contributed by atoms with E-state index in [-0.39, 0.29) is 6.54 Å². The summed E-state index contributed by atoms with van der Waals surface area (Å²) in [5.74, 6) is 1.18. The van der Waals surface area contributed by atoms with Crippen LogP contribution in [0.15, 0.2) is 39.9 Å². The number of amides is 2. The lowest BCUT2D eigenvalue weighted by Gasteiger charge is -2.13. The fraction of sp³-hybridized carbons (Fsp3) is 0.348. The van der Waals surface area contributed by atoms with E-state index >= 15 is 0 Å². The Morgan fingerprint density at radius 3 is 2.42 bits per heavy atom. The third kappa shape index (κ3) is 7.67. The maximum atomic E-state index is 12.3. The molecule has 0 aromatic heterocycles. The number of benzene rings is 2. The lowest BCUT2D eigenvalue weighted by atomic mass is 10.2. The Morgan fingerprint density at radius 1 is 1.03 bits per heavy atom. The predicted molar refractivity (Wildman–Crippen MR) is 129 cm³/mol. The molecule has 0 heterocycles. The monoisotopic (exact) mass is 521 g/mol. The minimum Gasteiger partial charge on any atom is -0.493 e. The lowest BCUT2D eigenvalue weighted by molar-refractivity contribution is -0.120. The molecule has 2 amide bonds.